The molecule has 1 nitrogen and oxygen atoms in total. The van der Waals surface area contributed by atoms with Crippen LogP contribution >= 0.6 is 11.8 Å². The Bertz CT molecular complexity index is 171. The number of hydrogen-bond acceptors (Lipinski definition) is 2. The Kier molecular flexibility index (Phi) is 3.78. The monoisotopic (exact) mass is 213 g/mol. The van der Waals surface area contributed by atoms with Crippen molar-refractivity contribution < 1.29 is 0 Å². The van der Waals surface area contributed by atoms with Crippen molar-refractivity contribution >= 4 is 11.8 Å². The Balaban J connectivity index is 1.71. The third kappa shape index (κ3) is 2.46. The van der Waals surface area contributed by atoms with E-state index >= 15 is 0 Å². The quantitative estimate of drug-likeness (QED) is 0.753. The molecule has 1 aliphatic carbocycles. The van der Waals surface area contributed by atoms with Crippen LogP contribution in [0.4, 0.5) is 0 Å². The van der Waals surface area contributed by atoms with Crippen molar-refractivity contribution in [3.63, 3.8) is 0 Å². The highest BCUT2D eigenvalue weighted by molar-refractivity contribution is 7.99. The summed E-state index contributed by atoms with van der Waals surface area (Å²) in [6, 6.07) is 0.828. The molecular weight excluding hydrogens is 190 g/mol. The predicted molar refractivity (Wildman–Crippen MR) is 64.9 cm³/mol. The number of thioether (sulfide) groups is 1. The van der Waals surface area contributed by atoms with E-state index in [2.05, 4.69) is 24.0 Å². The summed E-state index contributed by atoms with van der Waals surface area (Å²) in [4.78, 5) is 0. The fourth-order valence-corrected chi connectivity index (χ4v) is 3.97. The van der Waals surface area contributed by atoms with E-state index in [1.54, 1.807) is 0 Å². The summed E-state index contributed by atoms with van der Waals surface area (Å²) in [6.07, 6.45) is 8.64. The molecule has 1 saturated heterocycles. The second-order valence-electron chi connectivity index (χ2n) is 5.04. The molecule has 82 valence electrons. The average molecular weight is 213 g/mol. The van der Waals surface area contributed by atoms with Crippen molar-refractivity contribution in [2.45, 2.75) is 51.5 Å². The van der Waals surface area contributed by atoms with Gasteiger partial charge in [0.1, 0.15) is 0 Å². The molecule has 14 heavy (non-hydrogen) atoms. The first-order chi connectivity index (χ1) is 6.85. The van der Waals surface area contributed by atoms with Crippen LogP contribution in [0.1, 0.15) is 45.4 Å². The summed E-state index contributed by atoms with van der Waals surface area (Å²) in [5.74, 6) is 2.72. The van der Waals surface area contributed by atoms with Crippen LogP contribution in [0, 0.1) is 5.41 Å². The summed E-state index contributed by atoms with van der Waals surface area (Å²) >= 11 is 2.11. The highest BCUT2D eigenvalue weighted by atomic mass is 32.2. The van der Waals surface area contributed by atoms with Gasteiger partial charge in [0.2, 0.25) is 0 Å². The maximum atomic E-state index is 3.79. The molecule has 1 aliphatic heterocycles. The average Bonchev–Trinajstić information content (AvgIpc) is 2.62. The summed E-state index contributed by atoms with van der Waals surface area (Å²) in [5.41, 5.74) is 0.710. The SMILES string of the molecule is CCCC1(CNC2CCSC2)CCC1. The number of hydrogen-bond donors (Lipinski definition) is 1. The van der Waals surface area contributed by atoms with Crippen molar-refractivity contribution in [3.8, 4) is 0 Å². The molecule has 0 aromatic carbocycles. The van der Waals surface area contributed by atoms with Gasteiger partial charge in [0.05, 0.1) is 0 Å². The van der Waals surface area contributed by atoms with Crippen LogP contribution in [0.5, 0.6) is 0 Å². The van der Waals surface area contributed by atoms with Gasteiger partial charge in [-0.3, -0.25) is 0 Å². The van der Waals surface area contributed by atoms with Crippen molar-refractivity contribution in [2.75, 3.05) is 18.1 Å². The summed E-state index contributed by atoms with van der Waals surface area (Å²) < 4.78 is 0. The van der Waals surface area contributed by atoms with E-state index in [1.165, 1.54) is 56.6 Å². The Hall–Kier alpha value is 0.310. The van der Waals surface area contributed by atoms with Gasteiger partial charge >= 0.3 is 0 Å². The lowest BCUT2D eigenvalue weighted by Crippen LogP contribution is -2.43. The van der Waals surface area contributed by atoms with Gasteiger partial charge in [-0.25, -0.2) is 0 Å². The van der Waals surface area contributed by atoms with E-state index in [-0.39, 0.29) is 0 Å². The second-order valence-corrected chi connectivity index (χ2v) is 6.19. The van der Waals surface area contributed by atoms with E-state index in [1.807, 2.05) is 0 Å². The van der Waals surface area contributed by atoms with E-state index in [0.717, 1.165) is 6.04 Å². The molecule has 0 spiro atoms. The fourth-order valence-electron chi connectivity index (χ4n) is 2.78. The van der Waals surface area contributed by atoms with Crippen molar-refractivity contribution in [2.24, 2.45) is 5.41 Å². The first kappa shape index (κ1) is 10.8. The van der Waals surface area contributed by atoms with Crippen LogP contribution in [0.25, 0.3) is 0 Å². The lowest BCUT2D eigenvalue weighted by Gasteiger charge is -2.43. The van der Waals surface area contributed by atoms with E-state index in [4.69, 9.17) is 0 Å². The maximum absolute atomic E-state index is 3.79. The normalized spacial score (nSPS) is 30.2. The van der Waals surface area contributed by atoms with Crippen LogP contribution in [-0.2, 0) is 0 Å². The first-order valence-corrected chi connectivity index (χ1v) is 7.31. The van der Waals surface area contributed by atoms with Crippen molar-refractivity contribution in [1.29, 1.82) is 0 Å². The molecule has 1 atom stereocenters. The molecule has 1 heterocycles. The van der Waals surface area contributed by atoms with Gasteiger partial charge in [-0.1, -0.05) is 19.8 Å². The molecule has 0 aromatic heterocycles. The topological polar surface area (TPSA) is 12.0 Å². The highest BCUT2D eigenvalue weighted by Gasteiger charge is 2.36. The van der Waals surface area contributed by atoms with Crippen LogP contribution in [-0.4, -0.2) is 24.1 Å². The summed E-state index contributed by atoms with van der Waals surface area (Å²) in [5, 5.41) is 3.79. The molecule has 2 rings (SSSR count). The molecule has 1 unspecified atom stereocenters. The zero-order valence-electron chi connectivity index (χ0n) is 9.35. The van der Waals surface area contributed by atoms with E-state index < -0.39 is 0 Å². The zero-order chi connectivity index (χ0) is 9.86. The molecule has 2 heteroatoms. The minimum absolute atomic E-state index is 0.710. The van der Waals surface area contributed by atoms with Gasteiger partial charge in [-0.2, -0.15) is 11.8 Å². The smallest absolute Gasteiger partial charge is 0.0166 e. The van der Waals surface area contributed by atoms with Crippen molar-refractivity contribution in [3.05, 3.63) is 0 Å². The molecule has 2 aliphatic rings. The van der Waals surface area contributed by atoms with Crippen LogP contribution in [0.3, 0.4) is 0 Å². The molecule has 0 amide bonds. The second kappa shape index (κ2) is 4.89. The summed E-state index contributed by atoms with van der Waals surface area (Å²) in [6.45, 7) is 3.62. The minimum atomic E-state index is 0.710. The van der Waals surface area contributed by atoms with Gasteiger partial charge in [0.15, 0.2) is 0 Å². The van der Waals surface area contributed by atoms with E-state index in [0.29, 0.717) is 5.41 Å². The third-order valence-corrected chi connectivity index (χ3v) is 5.05. The molecular formula is C12H23NS. The fraction of sp³-hybridized carbons (Fsp3) is 1.00. The number of rotatable bonds is 5. The lowest BCUT2D eigenvalue weighted by molar-refractivity contribution is 0.112. The zero-order valence-corrected chi connectivity index (χ0v) is 10.2. The maximum Gasteiger partial charge on any atom is 0.0166 e. The molecule has 1 N–H and O–H groups in total. The van der Waals surface area contributed by atoms with E-state index in [9.17, 15) is 0 Å². The molecule has 0 radical (unpaired) electrons. The van der Waals surface area contributed by atoms with Gasteiger partial charge in [-0.15, -0.1) is 0 Å². The molecule has 2 fully saturated rings. The van der Waals surface area contributed by atoms with Crippen LogP contribution in [0.15, 0.2) is 0 Å². The first-order valence-electron chi connectivity index (χ1n) is 6.16. The highest BCUT2D eigenvalue weighted by Crippen LogP contribution is 2.44. The number of nitrogens with one attached hydrogen (secondary N) is 1. The molecule has 1 saturated carbocycles. The van der Waals surface area contributed by atoms with Crippen molar-refractivity contribution in [1.82, 2.24) is 5.32 Å². The van der Waals surface area contributed by atoms with Gasteiger partial charge in [0.25, 0.3) is 0 Å². The lowest BCUT2D eigenvalue weighted by atomic mass is 9.66. The van der Waals surface area contributed by atoms with Crippen LogP contribution < -0.4 is 5.32 Å². The Labute approximate surface area is 92.4 Å². The molecule has 0 aromatic rings. The van der Waals surface area contributed by atoms with Crippen LogP contribution in [0.2, 0.25) is 0 Å². The summed E-state index contributed by atoms with van der Waals surface area (Å²) in [7, 11) is 0. The third-order valence-electron chi connectivity index (χ3n) is 3.89. The largest absolute Gasteiger partial charge is 0.313 e. The predicted octanol–water partition coefficient (Wildman–Crippen LogP) is 3.05. The Morgan fingerprint density at radius 2 is 2.29 bits per heavy atom. The molecule has 0 bridgehead atoms. The van der Waals surface area contributed by atoms with Gasteiger partial charge in [-0.05, 0) is 36.9 Å². The minimum Gasteiger partial charge on any atom is -0.313 e. The van der Waals surface area contributed by atoms with Gasteiger partial charge < -0.3 is 5.32 Å². The Morgan fingerprint density at radius 3 is 2.79 bits per heavy atom. The van der Waals surface area contributed by atoms with Gasteiger partial charge in [0, 0.05) is 18.3 Å². The Morgan fingerprint density at radius 1 is 1.43 bits per heavy atom. The standard InChI is InChI=1S/C12H23NS/c1-2-5-12(6-3-7-12)10-13-11-4-8-14-9-11/h11,13H,2-10H2,1H3.